The molecule has 1 amide bonds. The molecular weight excluding hydrogens is 340 g/mol. The molecule has 1 aromatic heterocycles. The van der Waals surface area contributed by atoms with E-state index in [1.807, 2.05) is 15.7 Å². The van der Waals surface area contributed by atoms with Gasteiger partial charge in [-0.25, -0.2) is 0 Å². The van der Waals surface area contributed by atoms with E-state index in [-0.39, 0.29) is 5.91 Å². The molecule has 0 spiro atoms. The molecule has 148 valence electrons. The molecule has 0 N–H and O–H groups in total. The quantitative estimate of drug-likeness (QED) is 0.761. The number of carbonyl (C=O) groups is 1. The Balaban J connectivity index is 1.59. The summed E-state index contributed by atoms with van der Waals surface area (Å²) in [5, 5.41) is 4.75. The summed E-state index contributed by atoms with van der Waals surface area (Å²) < 4.78 is 7.42. The second kappa shape index (κ2) is 8.57. The lowest BCUT2D eigenvalue weighted by molar-refractivity contribution is 0.0297. The molecule has 0 bridgehead atoms. The van der Waals surface area contributed by atoms with Crippen LogP contribution in [-0.4, -0.2) is 70.9 Å². The van der Waals surface area contributed by atoms with Crippen molar-refractivity contribution in [3.8, 4) is 0 Å². The van der Waals surface area contributed by atoms with Crippen molar-refractivity contribution in [2.24, 2.45) is 0 Å². The van der Waals surface area contributed by atoms with Crippen LogP contribution >= 0.6 is 0 Å². The van der Waals surface area contributed by atoms with Gasteiger partial charge in [0.05, 0.1) is 19.8 Å². The van der Waals surface area contributed by atoms with Crippen LogP contribution in [0.4, 0.5) is 0 Å². The van der Waals surface area contributed by atoms with Crippen LogP contribution in [0.1, 0.15) is 53.8 Å². The number of likely N-dealkylation sites (tertiary alicyclic amines) is 1. The van der Waals surface area contributed by atoms with E-state index in [9.17, 15) is 4.79 Å². The van der Waals surface area contributed by atoms with Gasteiger partial charge in [-0.1, -0.05) is 18.9 Å². The number of nitrogens with zero attached hydrogens (tertiary/aromatic N) is 4. The Kier molecular flexibility index (Phi) is 5.93. The van der Waals surface area contributed by atoms with Gasteiger partial charge in [0, 0.05) is 30.4 Å². The summed E-state index contributed by atoms with van der Waals surface area (Å²) in [6.07, 6.45) is 10.3. The maximum atomic E-state index is 13.2. The van der Waals surface area contributed by atoms with E-state index in [0.29, 0.717) is 44.6 Å². The Hall–Kier alpha value is -1.66. The molecule has 6 heteroatoms. The van der Waals surface area contributed by atoms with Crippen molar-refractivity contribution >= 4 is 5.91 Å². The minimum Gasteiger partial charge on any atom is -0.378 e. The van der Waals surface area contributed by atoms with Crippen molar-refractivity contribution in [2.45, 2.75) is 57.5 Å². The highest BCUT2D eigenvalue weighted by molar-refractivity contribution is 5.94. The number of rotatable bonds is 4. The van der Waals surface area contributed by atoms with Crippen molar-refractivity contribution < 1.29 is 9.53 Å². The van der Waals surface area contributed by atoms with Gasteiger partial charge in [-0.2, -0.15) is 5.10 Å². The zero-order valence-electron chi connectivity index (χ0n) is 16.4. The van der Waals surface area contributed by atoms with Crippen LogP contribution in [0.5, 0.6) is 0 Å². The van der Waals surface area contributed by atoms with Crippen LogP contribution in [0.25, 0.3) is 0 Å². The highest BCUT2D eigenvalue weighted by Gasteiger charge is 2.33. The predicted octanol–water partition coefficient (Wildman–Crippen LogP) is 2.27. The number of aromatic nitrogens is 2. The van der Waals surface area contributed by atoms with Crippen molar-refractivity contribution in [1.82, 2.24) is 19.6 Å². The largest absolute Gasteiger partial charge is 0.378 e. The Morgan fingerprint density at radius 3 is 2.59 bits per heavy atom. The van der Waals surface area contributed by atoms with Crippen molar-refractivity contribution in [3.05, 3.63) is 29.6 Å². The fourth-order valence-corrected chi connectivity index (χ4v) is 4.80. The van der Waals surface area contributed by atoms with E-state index in [0.717, 1.165) is 12.8 Å². The van der Waals surface area contributed by atoms with Gasteiger partial charge in [-0.05, 0) is 45.2 Å². The molecule has 4 rings (SSSR count). The minimum atomic E-state index is 0.0777. The lowest BCUT2D eigenvalue weighted by Gasteiger charge is -2.34. The molecule has 0 aromatic carbocycles. The summed E-state index contributed by atoms with van der Waals surface area (Å²) in [6.45, 7) is 9.52. The molecule has 0 radical (unpaired) electrons. The molecule has 1 atom stereocenters. The maximum Gasteiger partial charge on any atom is 0.274 e. The molecular formula is C21H32N4O2. The van der Waals surface area contributed by atoms with Crippen molar-refractivity contribution in [2.75, 3.05) is 39.4 Å². The number of allylic oxidation sites excluding steroid dienone is 1. The fourth-order valence-electron chi connectivity index (χ4n) is 4.80. The van der Waals surface area contributed by atoms with Crippen LogP contribution < -0.4 is 0 Å². The smallest absolute Gasteiger partial charge is 0.274 e. The van der Waals surface area contributed by atoms with E-state index in [1.165, 1.54) is 56.5 Å². The van der Waals surface area contributed by atoms with E-state index in [1.54, 1.807) is 0 Å². The Morgan fingerprint density at radius 2 is 1.89 bits per heavy atom. The van der Waals surface area contributed by atoms with Gasteiger partial charge in [0.25, 0.3) is 5.91 Å². The van der Waals surface area contributed by atoms with Gasteiger partial charge in [0.2, 0.25) is 0 Å². The maximum absolute atomic E-state index is 13.2. The van der Waals surface area contributed by atoms with Gasteiger partial charge in [0.1, 0.15) is 0 Å². The molecule has 1 aromatic rings. The summed E-state index contributed by atoms with van der Waals surface area (Å²) >= 11 is 0. The molecule has 3 heterocycles. The van der Waals surface area contributed by atoms with Crippen LogP contribution in [0.3, 0.4) is 0 Å². The Labute approximate surface area is 162 Å². The fraction of sp³-hybridized carbons (Fsp3) is 0.714. The van der Waals surface area contributed by atoms with Gasteiger partial charge < -0.3 is 14.5 Å². The Morgan fingerprint density at radius 1 is 1.15 bits per heavy atom. The Bertz CT molecular complexity index is 670. The van der Waals surface area contributed by atoms with Gasteiger partial charge in [-0.3, -0.25) is 9.48 Å². The van der Waals surface area contributed by atoms with Crippen LogP contribution in [-0.2, 0) is 24.1 Å². The molecule has 6 nitrogen and oxygen atoms in total. The number of hydrogen-bond donors (Lipinski definition) is 0. The normalized spacial score (nSPS) is 24.3. The predicted molar refractivity (Wildman–Crippen MR) is 105 cm³/mol. The number of fused-ring (bicyclic) bond motifs is 1. The van der Waals surface area contributed by atoms with E-state index in [2.05, 4.69) is 11.5 Å². The number of carbonyl (C=O) groups excluding carboxylic acids is 1. The van der Waals surface area contributed by atoms with Crippen LogP contribution in [0.15, 0.2) is 12.7 Å². The first-order valence-corrected chi connectivity index (χ1v) is 10.6. The van der Waals surface area contributed by atoms with Gasteiger partial charge in [-0.15, -0.1) is 6.58 Å². The van der Waals surface area contributed by atoms with Crippen LogP contribution in [0, 0.1) is 0 Å². The SMILES string of the molecule is C=CCn1nc(C(=O)N2CCOCC2)c2c1CCC(N1CCCCCC1)C2. The molecule has 0 saturated carbocycles. The molecule has 27 heavy (non-hydrogen) atoms. The van der Waals surface area contributed by atoms with E-state index < -0.39 is 0 Å². The third kappa shape index (κ3) is 3.97. The van der Waals surface area contributed by atoms with Crippen LogP contribution in [0.2, 0.25) is 0 Å². The topological polar surface area (TPSA) is 50.6 Å². The first-order chi connectivity index (χ1) is 13.3. The highest BCUT2D eigenvalue weighted by atomic mass is 16.5. The molecule has 2 aliphatic heterocycles. The summed E-state index contributed by atoms with van der Waals surface area (Å²) in [5.41, 5.74) is 3.11. The number of morpholine rings is 1. The number of hydrogen-bond acceptors (Lipinski definition) is 4. The average Bonchev–Trinajstić information content (AvgIpc) is 2.88. The van der Waals surface area contributed by atoms with E-state index in [4.69, 9.17) is 9.84 Å². The molecule has 1 unspecified atom stereocenters. The molecule has 1 aliphatic carbocycles. The standard InChI is InChI=1S/C21H32N4O2/c1-2-9-25-19-8-7-17(23-10-5-3-4-6-11-23)16-18(19)20(22-25)21(26)24-12-14-27-15-13-24/h2,17H,1,3-16H2. The monoisotopic (exact) mass is 372 g/mol. The zero-order chi connectivity index (χ0) is 18.6. The van der Waals surface area contributed by atoms with Gasteiger partial charge >= 0.3 is 0 Å². The summed E-state index contributed by atoms with van der Waals surface area (Å²) in [5.74, 6) is 0.0777. The highest BCUT2D eigenvalue weighted by Crippen LogP contribution is 2.29. The lowest BCUT2D eigenvalue weighted by Crippen LogP contribution is -2.42. The second-order valence-electron chi connectivity index (χ2n) is 8.00. The molecule has 3 aliphatic rings. The third-order valence-corrected chi connectivity index (χ3v) is 6.28. The minimum absolute atomic E-state index is 0.0777. The van der Waals surface area contributed by atoms with Crippen molar-refractivity contribution in [3.63, 3.8) is 0 Å². The average molecular weight is 373 g/mol. The van der Waals surface area contributed by atoms with Gasteiger partial charge in [0.15, 0.2) is 5.69 Å². The van der Waals surface area contributed by atoms with E-state index >= 15 is 0 Å². The summed E-state index contributed by atoms with van der Waals surface area (Å²) in [4.78, 5) is 17.8. The zero-order valence-corrected chi connectivity index (χ0v) is 16.4. The summed E-state index contributed by atoms with van der Waals surface area (Å²) in [6, 6.07) is 0.549. The molecule has 2 fully saturated rings. The second-order valence-corrected chi connectivity index (χ2v) is 8.00. The first kappa shape index (κ1) is 18.7. The number of ether oxygens (including phenoxy) is 1. The first-order valence-electron chi connectivity index (χ1n) is 10.6. The lowest BCUT2D eigenvalue weighted by atomic mass is 9.89. The summed E-state index contributed by atoms with van der Waals surface area (Å²) in [7, 11) is 0. The number of amides is 1. The third-order valence-electron chi connectivity index (χ3n) is 6.28. The van der Waals surface area contributed by atoms with Crippen molar-refractivity contribution in [1.29, 1.82) is 0 Å². The molecule has 2 saturated heterocycles.